The van der Waals surface area contributed by atoms with Crippen molar-refractivity contribution < 1.29 is 28.5 Å². The van der Waals surface area contributed by atoms with Gasteiger partial charge in [0.05, 0.1) is 12.8 Å². The normalized spacial score (nSPS) is 10.9. The van der Waals surface area contributed by atoms with Gasteiger partial charge >= 0.3 is 12.0 Å². The number of benzene rings is 1. The van der Waals surface area contributed by atoms with Crippen molar-refractivity contribution in [3.05, 3.63) is 47.8 Å². The number of nitrogens with zero attached hydrogens (tertiary/aromatic N) is 4. The van der Waals surface area contributed by atoms with Crippen molar-refractivity contribution in [2.24, 2.45) is 0 Å². The number of hydrogen-bond acceptors (Lipinski definition) is 9. The van der Waals surface area contributed by atoms with Crippen molar-refractivity contribution >= 4 is 17.2 Å². The predicted molar refractivity (Wildman–Crippen MR) is 118 cm³/mol. The van der Waals surface area contributed by atoms with Gasteiger partial charge in [-0.3, -0.25) is 4.98 Å². The molecule has 4 rings (SSSR count). The summed E-state index contributed by atoms with van der Waals surface area (Å²) in [6.07, 6.45) is 3.97. The topological polar surface area (TPSA) is 130 Å². The van der Waals surface area contributed by atoms with Crippen LogP contribution in [0, 0.1) is 13.8 Å². The van der Waals surface area contributed by atoms with E-state index in [2.05, 4.69) is 19.9 Å². The van der Waals surface area contributed by atoms with Crippen molar-refractivity contribution in [2.45, 2.75) is 27.2 Å². The summed E-state index contributed by atoms with van der Waals surface area (Å²) < 4.78 is 22.8. The Hall–Kier alpha value is -4.21. The van der Waals surface area contributed by atoms with Crippen LogP contribution in [-0.4, -0.2) is 44.2 Å². The molecule has 0 atom stereocenters. The number of pyridine rings is 1. The standard InChI is InChI=1S/C23H22N4O6/c1-4-8-30-21-18-22(27-23(26-21)32-16-6-5-7-24-11-16)33-20(25-18)15-9-13(2)19(14(3)10-15)31-12-17(28)29/h5-7,9-11H,4,8,12H2,1-3H3,(H,28,29). The molecule has 170 valence electrons. The van der Waals surface area contributed by atoms with Crippen molar-refractivity contribution in [2.75, 3.05) is 13.2 Å². The van der Waals surface area contributed by atoms with E-state index in [0.717, 1.165) is 17.5 Å². The Morgan fingerprint density at radius 3 is 2.58 bits per heavy atom. The molecule has 10 nitrogen and oxygen atoms in total. The summed E-state index contributed by atoms with van der Waals surface area (Å²) in [5.41, 5.74) is 2.78. The molecule has 3 heterocycles. The average Bonchev–Trinajstić information content (AvgIpc) is 3.21. The largest absolute Gasteiger partial charge is 0.481 e. The van der Waals surface area contributed by atoms with Crippen LogP contribution in [0.4, 0.5) is 0 Å². The van der Waals surface area contributed by atoms with Gasteiger partial charge < -0.3 is 23.7 Å². The van der Waals surface area contributed by atoms with E-state index in [4.69, 9.17) is 23.7 Å². The molecule has 0 spiro atoms. The smallest absolute Gasteiger partial charge is 0.341 e. The molecule has 0 aliphatic heterocycles. The lowest BCUT2D eigenvalue weighted by atomic mass is 10.1. The van der Waals surface area contributed by atoms with Crippen LogP contribution >= 0.6 is 0 Å². The fourth-order valence-electron chi connectivity index (χ4n) is 3.20. The zero-order valence-corrected chi connectivity index (χ0v) is 18.4. The summed E-state index contributed by atoms with van der Waals surface area (Å²) in [6.45, 7) is 5.66. The highest BCUT2D eigenvalue weighted by Crippen LogP contribution is 2.34. The van der Waals surface area contributed by atoms with Crippen LogP contribution in [0.2, 0.25) is 0 Å². The Bertz CT molecular complexity index is 1270. The molecule has 1 aromatic carbocycles. The number of rotatable bonds is 9. The van der Waals surface area contributed by atoms with Gasteiger partial charge in [-0.05, 0) is 55.7 Å². The van der Waals surface area contributed by atoms with E-state index in [0.29, 0.717) is 35.1 Å². The van der Waals surface area contributed by atoms with Crippen molar-refractivity contribution in [1.82, 2.24) is 19.9 Å². The summed E-state index contributed by atoms with van der Waals surface area (Å²) in [5, 5.41) is 8.88. The number of carboxylic acid groups (broad SMARTS) is 1. The Morgan fingerprint density at radius 1 is 1.12 bits per heavy atom. The second kappa shape index (κ2) is 9.51. The van der Waals surface area contributed by atoms with Crippen LogP contribution in [-0.2, 0) is 4.79 Å². The number of aliphatic carboxylic acids is 1. The first-order valence-corrected chi connectivity index (χ1v) is 10.3. The van der Waals surface area contributed by atoms with Gasteiger partial charge in [-0.25, -0.2) is 9.78 Å². The number of hydrogen-bond donors (Lipinski definition) is 1. The number of aryl methyl sites for hydroxylation is 2. The molecular weight excluding hydrogens is 428 g/mol. The minimum absolute atomic E-state index is 0.0501. The number of carbonyl (C=O) groups is 1. The number of oxazole rings is 1. The Balaban J connectivity index is 1.72. The van der Waals surface area contributed by atoms with Crippen molar-refractivity contribution in [3.63, 3.8) is 0 Å². The van der Waals surface area contributed by atoms with Crippen molar-refractivity contribution in [3.8, 4) is 34.8 Å². The van der Waals surface area contributed by atoms with E-state index >= 15 is 0 Å². The van der Waals surface area contributed by atoms with Crippen LogP contribution < -0.4 is 14.2 Å². The molecule has 10 heteroatoms. The second-order valence-electron chi connectivity index (χ2n) is 7.24. The van der Waals surface area contributed by atoms with E-state index in [1.54, 1.807) is 24.5 Å². The van der Waals surface area contributed by atoms with Crippen molar-refractivity contribution in [1.29, 1.82) is 0 Å². The molecule has 0 saturated carbocycles. The Kier molecular flexibility index (Phi) is 6.34. The highest BCUT2D eigenvalue weighted by atomic mass is 16.5. The number of ether oxygens (including phenoxy) is 3. The molecule has 0 radical (unpaired) electrons. The molecule has 4 aromatic rings. The van der Waals surface area contributed by atoms with E-state index in [9.17, 15) is 4.79 Å². The van der Waals surface area contributed by atoms with Crippen LogP contribution in [0.3, 0.4) is 0 Å². The average molecular weight is 450 g/mol. The minimum Gasteiger partial charge on any atom is -0.481 e. The zero-order chi connectivity index (χ0) is 23.4. The van der Waals surface area contributed by atoms with Crippen LogP contribution in [0.5, 0.6) is 23.4 Å². The van der Waals surface area contributed by atoms with Gasteiger partial charge in [0.15, 0.2) is 12.1 Å². The lowest BCUT2D eigenvalue weighted by Gasteiger charge is -2.11. The third-order valence-corrected chi connectivity index (χ3v) is 4.54. The molecule has 0 saturated heterocycles. The minimum atomic E-state index is -1.04. The lowest BCUT2D eigenvalue weighted by Crippen LogP contribution is -2.10. The quantitative estimate of drug-likeness (QED) is 0.393. The maximum Gasteiger partial charge on any atom is 0.341 e. The first-order chi connectivity index (χ1) is 15.9. The highest BCUT2D eigenvalue weighted by molar-refractivity contribution is 5.78. The third kappa shape index (κ3) is 5.00. The molecule has 0 amide bonds. The predicted octanol–water partition coefficient (Wildman–Crippen LogP) is 4.34. The Morgan fingerprint density at radius 2 is 1.91 bits per heavy atom. The molecule has 0 bridgehead atoms. The highest BCUT2D eigenvalue weighted by Gasteiger charge is 2.20. The van der Waals surface area contributed by atoms with Crippen LogP contribution in [0.25, 0.3) is 22.7 Å². The summed E-state index contributed by atoms with van der Waals surface area (Å²) in [5.74, 6) is 0.512. The fraction of sp³-hybridized carbons (Fsp3) is 0.261. The first kappa shape index (κ1) is 22.0. The lowest BCUT2D eigenvalue weighted by molar-refractivity contribution is -0.139. The second-order valence-corrected chi connectivity index (χ2v) is 7.24. The molecule has 0 unspecified atom stereocenters. The summed E-state index contributed by atoms with van der Waals surface area (Å²) in [4.78, 5) is 28.1. The van der Waals surface area contributed by atoms with Gasteiger partial charge in [0.25, 0.3) is 11.6 Å². The molecule has 1 N–H and O–H groups in total. The fourth-order valence-corrected chi connectivity index (χ4v) is 3.20. The number of carboxylic acids is 1. The molecule has 0 aliphatic carbocycles. The van der Waals surface area contributed by atoms with Gasteiger partial charge in [-0.2, -0.15) is 9.97 Å². The number of fused-ring (bicyclic) bond motifs is 1. The van der Waals surface area contributed by atoms with E-state index < -0.39 is 12.6 Å². The summed E-state index contributed by atoms with van der Waals surface area (Å²) in [6, 6.07) is 7.14. The molecular formula is C23H22N4O6. The Labute approximate surface area is 189 Å². The summed E-state index contributed by atoms with van der Waals surface area (Å²) >= 11 is 0. The van der Waals surface area contributed by atoms with Gasteiger partial charge in [0, 0.05) is 11.8 Å². The molecule has 0 aliphatic rings. The van der Waals surface area contributed by atoms with E-state index in [-0.39, 0.29) is 17.6 Å². The van der Waals surface area contributed by atoms with Gasteiger partial charge in [0.2, 0.25) is 5.89 Å². The molecule has 3 aromatic heterocycles. The first-order valence-electron chi connectivity index (χ1n) is 10.3. The van der Waals surface area contributed by atoms with Gasteiger partial charge in [-0.15, -0.1) is 0 Å². The monoisotopic (exact) mass is 450 g/mol. The van der Waals surface area contributed by atoms with Crippen LogP contribution in [0.15, 0.2) is 41.1 Å². The maximum absolute atomic E-state index is 10.8. The SMILES string of the molecule is CCCOc1nc(Oc2cccnc2)nc2oc(-c3cc(C)c(OCC(=O)O)c(C)c3)nc12. The molecule has 33 heavy (non-hydrogen) atoms. The number of aromatic nitrogens is 4. The summed E-state index contributed by atoms with van der Waals surface area (Å²) in [7, 11) is 0. The molecule has 0 fully saturated rings. The van der Waals surface area contributed by atoms with E-state index in [1.807, 2.05) is 32.9 Å². The van der Waals surface area contributed by atoms with E-state index in [1.165, 1.54) is 0 Å². The zero-order valence-electron chi connectivity index (χ0n) is 18.4. The third-order valence-electron chi connectivity index (χ3n) is 4.54. The van der Waals surface area contributed by atoms with Crippen LogP contribution in [0.1, 0.15) is 24.5 Å². The maximum atomic E-state index is 10.8. The van der Waals surface area contributed by atoms with Gasteiger partial charge in [0.1, 0.15) is 11.5 Å². The van der Waals surface area contributed by atoms with Gasteiger partial charge in [-0.1, -0.05) is 6.92 Å².